The molecule has 0 aromatic carbocycles. The van der Waals surface area contributed by atoms with Crippen LogP contribution >= 0.6 is 0 Å². The average Bonchev–Trinajstić information content (AvgIpc) is 3.30. The van der Waals surface area contributed by atoms with Gasteiger partial charge in [0.15, 0.2) is 18.9 Å². The van der Waals surface area contributed by atoms with Crippen LogP contribution in [0, 0.1) is 0 Å². The molecule has 382 valence electrons. The van der Waals surface area contributed by atoms with Crippen molar-refractivity contribution in [3.05, 3.63) is 12.2 Å². The summed E-state index contributed by atoms with van der Waals surface area (Å²) in [7, 11) is 0. The zero-order valence-corrected chi connectivity index (χ0v) is 38.7. The minimum absolute atomic E-state index is 0.246. The molecule has 65 heavy (non-hydrogen) atoms. The molecule has 0 aromatic heterocycles. The molecule has 3 rings (SSSR count). The highest BCUT2D eigenvalue weighted by molar-refractivity contribution is 5.76. The topological polar surface area (TPSA) is 307 Å². The molecule has 0 aromatic rings. The first-order chi connectivity index (χ1) is 31.3. The van der Waals surface area contributed by atoms with Crippen LogP contribution in [0.5, 0.6) is 0 Å². The van der Waals surface area contributed by atoms with Crippen molar-refractivity contribution < 1.29 is 89.4 Å². The maximum atomic E-state index is 13.1. The second-order valence-electron chi connectivity index (χ2n) is 17.9. The van der Waals surface area contributed by atoms with E-state index in [4.69, 9.17) is 28.4 Å². The Morgan fingerprint density at radius 3 is 1.45 bits per heavy atom. The van der Waals surface area contributed by atoms with Gasteiger partial charge >= 0.3 is 0 Å². The Morgan fingerprint density at radius 1 is 0.538 bits per heavy atom. The molecule has 0 spiro atoms. The van der Waals surface area contributed by atoms with Gasteiger partial charge in [-0.05, 0) is 19.3 Å². The molecule has 3 aliphatic heterocycles. The van der Waals surface area contributed by atoms with Crippen molar-refractivity contribution in [1.82, 2.24) is 5.32 Å². The summed E-state index contributed by atoms with van der Waals surface area (Å²) < 4.78 is 34.0. The van der Waals surface area contributed by atoms with Gasteiger partial charge in [-0.25, -0.2) is 0 Å². The predicted octanol–water partition coefficient (Wildman–Crippen LogP) is 0.695. The van der Waals surface area contributed by atoms with Crippen molar-refractivity contribution >= 4 is 5.91 Å². The van der Waals surface area contributed by atoms with Gasteiger partial charge in [0, 0.05) is 6.42 Å². The standard InChI is InChI=1S/C46H85NO18/c1-3-5-7-9-11-13-14-16-18-20-22-24-34(52)47-29(30(51)23-21-19-17-15-12-10-8-6-4-2)28-60-44-40(58)37(55)42(32(26-49)62-44)65-46-41(59)38(56)43(33(27-50)63-46)64-45-39(57)36(54)35(53)31(25-48)61-45/h21,23,29-33,35-46,48-51,53-59H,3-20,22,24-28H2,1-2H3,(H,47,52)/b23-21+. The smallest absolute Gasteiger partial charge is 0.220 e. The summed E-state index contributed by atoms with van der Waals surface area (Å²) in [6.07, 6.45) is -1.85. The Morgan fingerprint density at radius 2 is 0.954 bits per heavy atom. The Kier molecular flexibility index (Phi) is 28.8. The molecule has 0 radical (unpaired) electrons. The number of ether oxygens (including phenoxy) is 6. The summed E-state index contributed by atoms with van der Waals surface area (Å²) in [4.78, 5) is 13.1. The molecule has 17 unspecified atom stereocenters. The van der Waals surface area contributed by atoms with Crippen molar-refractivity contribution in [2.45, 2.75) is 247 Å². The summed E-state index contributed by atoms with van der Waals surface area (Å²) in [5.41, 5.74) is 0. The number of allylic oxidation sites excluding steroid dienone is 1. The van der Waals surface area contributed by atoms with Crippen molar-refractivity contribution in [3.63, 3.8) is 0 Å². The van der Waals surface area contributed by atoms with E-state index in [9.17, 15) is 61.0 Å². The van der Waals surface area contributed by atoms with Gasteiger partial charge < -0.3 is 89.9 Å². The average molecular weight is 940 g/mol. The summed E-state index contributed by atoms with van der Waals surface area (Å²) in [6.45, 7) is 1.63. The van der Waals surface area contributed by atoms with Crippen LogP contribution < -0.4 is 5.32 Å². The Labute approximate surface area is 385 Å². The van der Waals surface area contributed by atoms with Crippen LogP contribution in [-0.4, -0.2) is 193 Å². The Hall–Kier alpha value is -1.47. The van der Waals surface area contributed by atoms with Crippen LogP contribution in [0.1, 0.15) is 142 Å². The van der Waals surface area contributed by atoms with E-state index in [1.807, 2.05) is 6.08 Å². The van der Waals surface area contributed by atoms with E-state index in [0.29, 0.717) is 6.42 Å². The van der Waals surface area contributed by atoms with Crippen molar-refractivity contribution in [2.75, 3.05) is 26.4 Å². The zero-order chi connectivity index (χ0) is 47.7. The summed E-state index contributed by atoms with van der Waals surface area (Å²) in [5.74, 6) is -0.281. The summed E-state index contributed by atoms with van der Waals surface area (Å²) in [6, 6.07) is -0.962. The molecule has 3 aliphatic rings. The molecule has 0 aliphatic carbocycles. The van der Waals surface area contributed by atoms with Crippen LogP contribution in [0.4, 0.5) is 0 Å². The van der Waals surface area contributed by atoms with Crippen molar-refractivity contribution in [3.8, 4) is 0 Å². The van der Waals surface area contributed by atoms with Gasteiger partial charge in [0.2, 0.25) is 5.91 Å². The van der Waals surface area contributed by atoms with Crippen molar-refractivity contribution in [1.29, 1.82) is 0 Å². The highest BCUT2D eigenvalue weighted by Gasteiger charge is 2.53. The fourth-order valence-corrected chi connectivity index (χ4v) is 8.42. The minimum Gasteiger partial charge on any atom is -0.394 e. The molecule has 3 fully saturated rings. The van der Waals surface area contributed by atoms with Crippen LogP contribution in [-0.2, 0) is 33.2 Å². The number of carbonyl (C=O) groups excluding carboxylic acids is 1. The molecule has 3 saturated heterocycles. The molecule has 19 nitrogen and oxygen atoms in total. The third kappa shape index (κ3) is 19.1. The molecular formula is C46H85NO18. The number of amides is 1. The van der Waals surface area contributed by atoms with Crippen LogP contribution in [0.15, 0.2) is 12.2 Å². The summed E-state index contributed by atoms with van der Waals surface area (Å²) >= 11 is 0. The number of hydrogen-bond acceptors (Lipinski definition) is 18. The fraction of sp³-hybridized carbons (Fsp3) is 0.935. The van der Waals surface area contributed by atoms with Gasteiger partial charge in [-0.15, -0.1) is 0 Å². The largest absolute Gasteiger partial charge is 0.394 e. The number of aliphatic hydroxyl groups excluding tert-OH is 11. The SMILES string of the molecule is CCCCCCCCC/C=C/C(O)C(COC1OC(CO)C(OC2OC(CO)C(OC3OC(CO)C(O)C(O)C3O)C(O)C2O)C(O)C1O)NC(=O)CCCCCCCCCCCCC. The fourth-order valence-electron chi connectivity index (χ4n) is 8.42. The van der Waals surface area contributed by atoms with E-state index >= 15 is 0 Å². The van der Waals surface area contributed by atoms with Gasteiger partial charge in [-0.3, -0.25) is 4.79 Å². The zero-order valence-electron chi connectivity index (χ0n) is 38.7. The van der Waals surface area contributed by atoms with E-state index in [1.54, 1.807) is 6.08 Å². The molecule has 12 N–H and O–H groups in total. The Bertz CT molecular complexity index is 1260. The van der Waals surface area contributed by atoms with Gasteiger partial charge in [0.25, 0.3) is 0 Å². The first-order valence-electron chi connectivity index (χ1n) is 24.4. The second-order valence-corrected chi connectivity index (χ2v) is 17.9. The normalized spacial score (nSPS) is 34.2. The minimum atomic E-state index is -1.97. The first kappa shape index (κ1) is 57.8. The lowest BCUT2D eigenvalue weighted by Crippen LogP contribution is -2.66. The molecular weight excluding hydrogens is 854 g/mol. The lowest BCUT2D eigenvalue weighted by atomic mass is 9.96. The van der Waals surface area contributed by atoms with E-state index in [2.05, 4.69) is 19.2 Å². The number of aliphatic hydroxyl groups is 11. The number of hydrogen-bond donors (Lipinski definition) is 12. The summed E-state index contributed by atoms with van der Waals surface area (Å²) in [5, 5.41) is 119. The second kappa shape index (κ2) is 32.4. The van der Waals surface area contributed by atoms with Gasteiger partial charge in [0.1, 0.15) is 73.2 Å². The lowest BCUT2D eigenvalue weighted by Gasteiger charge is -2.48. The van der Waals surface area contributed by atoms with E-state index in [1.165, 1.54) is 70.6 Å². The molecule has 0 saturated carbocycles. The number of unbranched alkanes of at least 4 members (excludes halogenated alkanes) is 17. The quantitative estimate of drug-likeness (QED) is 0.0318. The van der Waals surface area contributed by atoms with Gasteiger partial charge in [-0.1, -0.05) is 129 Å². The monoisotopic (exact) mass is 940 g/mol. The molecule has 1 amide bonds. The Balaban J connectivity index is 1.59. The molecule has 19 heteroatoms. The van der Waals surface area contributed by atoms with Crippen LogP contribution in [0.3, 0.4) is 0 Å². The highest BCUT2D eigenvalue weighted by Crippen LogP contribution is 2.33. The maximum Gasteiger partial charge on any atom is 0.220 e. The van der Waals surface area contributed by atoms with Crippen LogP contribution in [0.25, 0.3) is 0 Å². The molecule has 17 atom stereocenters. The molecule has 0 bridgehead atoms. The number of rotatable bonds is 33. The van der Waals surface area contributed by atoms with E-state index in [0.717, 1.165) is 44.9 Å². The third-order valence-electron chi connectivity index (χ3n) is 12.6. The first-order valence-corrected chi connectivity index (χ1v) is 24.4. The van der Waals surface area contributed by atoms with E-state index in [-0.39, 0.29) is 18.9 Å². The highest BCUT2D eigenvalue weighted by atomic mass is 16.8. The number of carbonyl (C=O) groups is 1. The maximum absolute atomic E-state index is 13.1. The lowest BCUT2D eigenvalue weighted by molar-refractivity contribution is -0.379. The van der Waals surface area contributed by atoms with Crippen LogP contribution in [0.2, 0.25) is 0 Å². The van der Waals surface area contributed by atoms with Gasteiger partial charge in [0.05, 0.1) is 38.6 Å². The van der Waals surface area contributed by atoms with Gasteiger partial charge in [-0.2, -0.15) is 0 Å². The third-order valence-corrected chi connectivity index (χ3v) is 12.6. The van der Waals surface area contributed by atoms with Crippen molar-refractivity contribution in [2.24, 2.45) is 0 Å². The molecule has 3 heterocycles. The predicted molar refractivity (Wildman–Crippen MR) is 236 cm³/mol. The van der Waals surface area contributed by atoms with E-state index < -0.39 is 124 Å². The number of nitrogens with one attached hydrogen (secondary N) is 1.